The van der Waals surface area contributed by atoms with Gasteiger partial charge in [0, 0.05) is 33.5 Å². The van der Waals surface area contributed by atoms with Crippen molar-refractivity contribution in [2.45, 2.75) is 19.4 Å². The van der Waals surface area contributed by atoms with Gasteiger partial charge in [-0.2, -0.15) is 0 Å². The summed E-state index contributed by atoms with van der Waals surface area (Å²) in [6.07, 6.45) is 2.25. The summed E-state index contributed by atoms with van der Waals surface area (Å²) in [6, 6.07) is -0.915. The minimum atomic E-state index is -1.06. The molecule has 8 heteroatoms. The molecule has 1 rings (SSSR count). The van der Waals surface area contributed by atoms with Crippen molar-refractivity contribution in [3.63, 3.8) is 0 Å². The minimum absolute atomic E-state index is 0.173. The van der Waals surface area contributed by atoms with Crippen LogP contribution in [0.3, 0.4) is 0 Å². The number of hydrogen-bond acceptors (Lipinski definition) is 5. The predicted octanol–water partition coefficient (Wildman–Crippen LogP) is -1.46. The zero-order valence-electron chi connectivity index (χ0n) is 10.4. The molecule has 18 heavy (non-hydrogen) atoms. The highest BCUT2D eigenvalue weighted by Crippen LogP contribution is 1.91. The fourth-order valence-electron chi connectivity index (χ4n) is 1.43. The normalized spacial score (nSPS) is 12.1. The van der Waals surface area contributed by atoms with E-state index in [-0.39, 0.29) is 12.5 Å². The van der Waals surface area contributed by atoms with Crippen LogP contribution in [0, 0.1) is 0 Å². The highest BCUT2D eigenvalue weighted by atomic mass is 16.4. The summed E-state index contributed by atoms with van der Waals surface area (Å²) >= 11 is 0. The van der Waals surface area contributed by atoms with Gasteiger partial charge in [-0.25, -0.2) is 4.79 Å². The first-order chi connectivity index (χ1) is 8.50. The maximum Gasteiger partial charge on any atom is 0.327 e. The van der Waals surface area contributed by atoms with Gasteiger partial charge in [-0.15, -0.1) is 10.2 Å². The zero-order chi connectivity index (χ0) is 13.5. The highest BCUT2D eigenvalue weighted by molar-refractivity contribution is 5.82. The standard InChI is InChI=1S/C10H17N5O3/c1-7(16)13-8(10(17)18)5-11-4-3-9-14-12-6-15(9)2/h6,8,11H,3-5H2,1-2H3,(H,13,16)(H,17,18). The van der Waals surface area contributed by atoms with Gasteiger partial charge in [-0.3, -0.25) is 4.79 Å². The van der Waals surface area contributed by atoms with E-state index in [9.17, 15) is 9.59 Å². The highest BCUT2D eigenvalue weighted by Gasteiger charge is 2.17. The van der Waals surface area contributed by atoms with Crippen molar-refractivity contribution >= 4 is 11.9 Å². The van der Waals surface area contributed by atoms with E-state index in [2.05, 4.69) is 20.8 Å². The van der Waals surface area contributed by atoms with E-state index in [0.717, 1.165) is 5.82 Å². The molecule has 0 radical (unpaired) electrons. The Morgan fingerprint density at radius 2 is 2.28 bits per heavy atom. The van der Waals surface area contributed by atoms with Gasteiger partial charge >= 0.3 is 5.97 Å². The third-order valence-electron chi connectivity index (χ3n) is 2.35. The summed E-state index contributed by atoms with van der Waals surface area (Å²) in [5.74, 6) is -0.609. The van der Waals surface area contributed by atoms with Gasteiger partial charge in [0.25, 0.3) is 0 Å². The molecule has 0 aliphatic heterocycles. The van der Waals surface area contributed by atoms with Gasteiger partial charge in [-0.05, 0) is 0 Å². The van der Waals surface area contributed by atoms with E-state index in [1.165, 1.54) is 6.92 Å². The molecule has 0 saturated carbocycles. The summed E-state index contributed by atoms with van der Waals surface area (Å²) < 4.78 is 1.80. The molecule has 0 fully saturated rings. The SMILES string of the molecule is CC(=O)NC(CNCCc1nncn1C)C(=O)O. The van der Waals surface area contributed by atoms with Crippen molar-refractivity contribution in [3.8, 4) is 0 Å². The largest absolute Gasteiger partial charge is 0.480 e. The summed E-state index contributed by atoms with van der Waals surface area (Å²) in [5, 5.41) is 21.8. The second-order valence-electron chi connectivity index (χ2n) is 3.90. The Kier molecular flexibility index (Phi) is 5.25. The maximum absolute atomic E-state index is 10.8. The summed E-state index contributed by atoms with van der Waals surface area (Å²) in [7, 11) is 1.84. The van der Waals surface area contributed by atoms with Crippen LogP contribution in [-0.2, 0) is 23.1 Å². The molecule has 8 nitrogen and oxygen atoms in total. The molecule has 100 valence electrons. The van der Waals surface area contributed by atoms with Gasteiger partial charge in [0.1, 0.15) is 18.2 Å². The van der Waals surface area contributed by atoms with Crippen LogP contribution in [0.25, 0.3) is 0 Å². The summed E-state index contributed by atoms with van der Waals surface area (Å²) in [6.45, 7) is 2.03. The Morgan fingerprint density at radius 3 is 2.78 bits per heavy atom. The molecule has 0 aromatic carbocycles. The van der Waals surface area contributed by atoms with Crippen LogP contribution in [0.15, 0.2) is 6.33 Å². The van der Waals surface area contributed by atoms with E-state index in [4.69, 9.17) is 5.11 Å². The van der Waals surface area contributed by atoms with Gasteiger partial charge in [0.2, 0.25) is 5.91 Å². The number of amides is 1. The number of aryl methyl sites for hydroxylation is 1. The molecule has 0 aliphatic rings. The molecule has 0 saturated heterocycles. The predicted molar refractivity (Wildman–Crippen MR) is 62.8 cm³/mol. The fourth-order valence-corrected chi connectivity index (χ4v) is 1.43. The lowest BCUT2D eigenvalue weighted by Crippen LogP contribution is -2.46. The molecule has 1 aromatic rings. The van der Waals surface area contributed by atoms with Crippen molar-refractivity contribution in [2.24, 2.45) is 7.05 Å². The van der Waals surface area contributed by atoms with Crippen LogP contribution >= 0.6 is 0 Å². The number of carboxylic acid groups (broad SMARTS) is 1. The first-order valence-corrected chi connectivity index (χ1v) is 5.54. The first-order valence-electron chi connectivity index (χ1n) is 5.54. The lowest BCUT2D eigenvalue weighted by atomic mass is 10.3. The molecule has 0 bridgehead atoms. The van der Waals surface area contributed by atoms with Crippen LogP contribution in [0.2, 0.25) is 0 Å². The van der Waals surface area contributed by atoms with Crippen molar-refractivity contribution in [1.29, 1.82) is 0 Å². The number of carboxylic acids is 1. The quantitative estimate of drug-likeness (QED) is 0.514. The average Bonchev–Trinajstić information content (AvgIpc) is 2.68. The third kappa shape index (κ3) is 4.50. The smallest absolute Gasteiger partial charge is 0.327 e. The Hall–Kier alpha value is -1.96. The van der Waals surface area contributed by atoms with E-state index < -0.39 is 12.0 Å². The van der Waals surface area contributed by atoms with E-state index >= 15 is 0 Å². The topological polar surface area (TPSA) is 109 Å². The Morgan fingerprint density at radius 1 is 1.56 bits per heavy atom. The summed E-state index contributed by atoms with van der Waals surface area (Å²) in [4.78, 5) is 21.6. The van der Waals surface area contributed by atoms with E-state index in [1.54, 1.807) is 10.9 Å². The third-order valence-corrected chi connectivity index (χ3v) is 2.35. The molecular weight excluding hydrogens is 238 g/mol. The lowest BCUT2D eigenvalue weighted by molar-refractivity contribution is -0.141. The number of nitrogens with one attached hydrogen (secondary N) is 2. The molecule has 1 heterocycles. The zero-order valence-corrected chi connectivity index (χ0v) is 10.4. The molecular formula is C10H17N5O3. The van der Waals surface area contributed by atoms with E-state index in [1.807, 2.05) is 7.05 Å². The van der Waals surface area contributed by atoms with Crippen LogP contribution < -0.4 is 10.6 Å². The van der Waals surface area contributed by atoms with Gasteiger partial charge in [0.05, 0.1) is 0 Å². The van der Waals surface area contributed by atoms with Crippen LogP contribution in [0.5, 0.6) is 0 Å². The number of rotatable bonds is 7. The fraction of sp³-hybridized carbons (Fsp3) is 0.600. The van der Waals surface area contributed by atoms with Crippen LogP contribution in [0.4, 0.5) is 0 Å². The van der Waals surface area contributed by atoms with Crippen LogP contribution in [0.1, 0.15) is 12.7 Å². The molecule has 1 atom stereocenters. The monoisotopic (exact) mass is 255 g/mol. The van der Waals surface area contributed by atoms with Gasteiger partial charge < -0.3 is 20.3 Å². The molecule has 0 aliphatic carbocycles. The number of nitrogens with zero attached hydrogens (tertiary/aromatic N) is 3. The first kappa shape index (κ1) is 14.1. The molecule has 0 spiro atoms. The van der Waals surface area contributed by atoms with Crippen molar-refractivity contribution in [2.75, 3.05) is 13.1 Å². The average molecular weight is 255 g/mol. The minimum Gasteiger partial charge on any atom is -0.480 e. The van der Waals surface area contributed by atoms with E-state index in [0.29, 0.717) is 13.0 Å². The lowest BCUT2D eigenvalue weighted by Gasteiger charge is -2.13. The number of aromatic nitrogens is 3. The number of aliphatic carboxylic acids is 1. The Balaban J connectivity index is 2.29. The molecule has 3 N–H and O–H groups in total. The maximum atomic E-state index is 10.8. The number of hydrogen-bond donors (Lipinski definition) is 3. The van der Waals surface area contributed by atoms with Crippen molar-refractivity contribution < 1.29 is 14.7 Å². The molecule has 1 amide bonds. The Labute approximate surface area is 104 Å². The summed E-state index contributed by atoms with van der Waals surface area (Å²) in [5.41, 5.74) is 0. The number of carbonyl (C=O) groups excluding carboxylic acids is 1. The molecule has 1 unspecified atom stereocenters. The number of carbonyl (C=O) groups is 2. The van der Waals surface area contributed by atoms with Crippen molar-refractivity contribution in [1.82, 2.24) is 25.4 Å². The van der Waals surface area contributed by atoms with Gasteiger partial charge in [-0.1, -0.05) is 0 Å². The van der Waals surface area contributed by atoms with Gasteiger partial charge in [0.15, 0.2) is 0 Å². The van der Waals surface area contributed by atoms with Crippen LogP contribution in [-0.4, -0.2) is 50.9 Å². The Bertz CT molecular complexity index is 417. The van der Waals surface area contributed by atoms with Crippen molar-refractivity contribution in [3.05, 3.63) is 12.2 Å². The molecule has 1 aromatic heterocycles. The second-order valence-corrected chi connectivity index (χ2v) is 3.90. The second kappa shape index (κ2) is 6.70.